The van der Waals surface area contributed by atoms with E-state index in [9.17, 15) is 4.79 Å². The van der Waals surface area contributed by atoms with E-state index in [4.69, 9.17) is 0 Å². The number of aromatic amines is 1. The number of hydrogen-bond acceptors (Lipinski definition) is 3. The number of aryl methyl sites for hydroxylation is 1. The molecule has 3 aromatic rings. The van der Waals surface area contributed by atoms with Crippen molar-refractivity contribution in [1.29, 1.82) is 0 Å². The van der Waals surface area contributed by atoms with Gasteiger partial charge in [0.25, 0.3) is 0 Å². The Bertz CT molecular complexity index is 949. The van der Waals surface area contributed by atoms with Crippen molar-refractivity contribution in [2.75, 3.05) is 12.3 Å². The quantitative estimate of drug-likeness (QED) is 0.537. The van der Waals surface area contributed by atoms with Gasteiger partial charge in [0.15, 0.2) is 5.16 Å². The number of rotatable bonds is 8. The number of nitrogens with zero attached hydrogens (tertiary/aromatic N) is 1. The number of nitrogens with one attached hydrogen (secondary N) is 2. The number of amides is 1. The highest BCUT2D eigenvalue weighted by molar-refractivity contribution is 7.99. The Labute approximate surface area is 176 Å². The third kappa shape index (κ3) is 4.73. The second-order valence-electron chi connectivity index (χ2n) is 7.84. The highest BCUT2D eigenvalue weighted by Gasteiger charge is 2.38. The van der Waals surface area contributed by atoms with Gasteiger partial charge in [-0.15, -0.1) is 0 Å². The minimum atomic E-state index is 0.0656. The second-order valence-corrected chi connectivity index (χ2v) is 8.81. The molecule has 1 amide bonds. The highest BCUT2D eigenvalue weighted by Crippen LogP contribution is 2.43. The predicted molar refractivity (Wildman–Crippen MR) is 118 cm³/mol. The van der Waals surface area contributed by atoms with Gasteiger partial charge in [-0.2, -0.15) is 0 Å². The molecule has 0 aliphatic heterocycles. The number of carbonyl (C=O) groups excluding carboxylic acids is 1. The summed E-state index contributed by atoms with van der Waals surface area (Å²) in [6.45, 7) is 2.75. The summed E-state index contributed by atoms with van der Waals surface area (Å²) in [5.74, 6) is 0.443. The molecule has 0 unspecified atom stereocenters. The van der Waals surface area contributed by atoms with Gasteiger partial charge in [-0.05, 0) is 30.9 Å². The fourth-order valence-corrected chi connectivity index (χ4v) is 4.68. The van der Waals surface area contributed by atoms with E-state index in [0.29, 0.717) is 12.3 Å². The maximum atomic E-state index is 12.4. The van der Waals surface area contributed by atoms with Crippen LogP contribution in [0.1, 0.15) is 41.8 Å². The predicted octanol–water partition coefficient (Wildman–Crippen LogP) is 4.64. The zero-order valence-corrected chi connectivity index (χ0v) is 17.6. The number of imidazole rings is 1. The zero-order chi connectivity index (χ0) is 20.1. The summed E-state index contributed by atoms with van der Waals surface area (Å²) in [5, 5.41) is 3.96. The molecule has 0 bridgehead atoms. The fourth-order valence-electron chi connectivity index (χ4n) is 3.91. The zero-order valence-electron chi connectivity index (χ0n) is 16.8. The Morgan fingerprint density at radius 2 is 1.79 bits per heavy atom. The molecule has 0 saturated heterocycles. The van der Waals surface area contributed by atoms with Gasteiger partial charge in [0.05, 0.1) is 11.4 Å². The first kappa shape index (κ1) is 19.8. The molecule has 2 aromatic carbocycles. The smallest absolute Gasteiger partial charge is 0.230 e. The van der Waals surface area contributed by atoms with Crippen LogP contribution in [0.25, 0.3) is 0 Å². The molecular formula is C24H27N3OS. The Kier molecular flexibility index (Phi) is 6.05. The number of H-pyrrole nitrogens is 1. The van der Waals surface area contributed by atoms with E-state index in [1.54, 1.807) is 0 Å². The molecule has 29 heavy (non-hydrogen) atoms. The van der Waals surface area contributed by atoms with E-state index in [0.717, 1.165) is 35.8 Å². The lowest BCUT2D eigenvalue weighted by atomic mass is 9.64. The van der Waals surface area contributed by atoms with E-state index >= 15 is 0 Å². The SMILES string of the molecule is Cc1[nH]c(SCC(=O)NCC2(c3ccccc3)CCC2)nc1Cc1ccccc1. The van der Waals surface area contributed by atoms with E-state index in [-0.39, 0.29) is 11.3 Å². The molecule has 0 spiro atoms. The first-order valence-corrected chi connectivity index (χ1v) is 11.2. The first-order valence-electron chi connectivity index (χ1n) is 10.2. The number of benzene rings is 2. The van der Waals surface area contributed by atoms with Gasteiger partial charge in [0.2, 0.25) is 5.91 Å². The van der Waals surface area contributed by atoms with Gasteiger partial charge in [-0.3, -0.25) is 4.79 Å². The van der Waals surface area contributed by atoms with Crippen molar-refractivity contribution < 1.29 is 4.79 Å². The van der Waals surface area contributed by atoms with Crippen LogP contribution in [-0.2, 0) is 16.6 Å². The van der Waals surface area contributed by atoms with Crippen molar-refractivity contribution in [3.05, 3.63) is 83.2 Å². The molecule has 5 heteroatoms. The minimum Gasteiger partial charge on any atom is -0.354 e. The molecule has 4 rings (SSSR count). The van der Waals surface area contributed by atoms with E-state index in [2.05, 4.69) is 51.7 Å². The molecule has 1 saturated carbocycles. The Hall–Kier alpha value is -2.53. The van der Waals surface area contributed by atoms with Crippen molar-refractivity contribution in [3.63, 3.8) is 0 Å². The lowest BCUT2D eigenvalue weighted by molar-refractivity contribution is -0.119. The summed E-state index contributed by atoms with van der Waals surface area (Å²) in [6.07, 6.45) is 4.32. The van der Waals surface area contributed by atoms with Crippen molar-refractivity contribution in [2.24, 2.45) is 0 Å². The van der Waals surface area contributed by atoms with E-state index in [1.165, 1.54) is 29.3 Å². The molecule has 1 aliphatic carbocycles. The Morgan fingerprint density at radius 3 is 2.45 bits per heavy atom. The van der Waals surface area contributed by atoms with Crippen molar-refractivity contribution in [3.8, 4) is 0 Å². The van der Waals surface area contributed by atoms with Crippen LogP contribution in [-0.4, -0.2) is 28.2 Å². The van der Waals surface area contributed by atoms with Crippen molar-refractivity contribution in [2.45, 2.75) is 43.2 Å². The number of hydrogen-bond donors (Lipinski definition) is 2. The Balaban J connectivity index is 1.29. The lowest BCUT2D eigenvalue weighted by Crippen LogP contribution is -2.46. The first-order chi connectivity index (χ1) is 14.1. The van der Waals surface area contributed by atoms with Crippen LogP contribution in [0.3, 0.4) is 0 Å². The molecular weight excluding hydrogens is 378 g/mol. The van der Waals surface area contributed by atoms with Crippen molar-refractivity contribution >= 4 is 17.7 Å². The molecule has 1 aliphatic rings. The average molecular weight is 406 g/mol. The summed E-state index contributed by atoms with van der Waals surface area (Å²) in [6, 6.07) is 20.9. The van der Waals surface area contributed by atoms with Crippen LogP contribution < -0.4 is 5.32 Å². The van der Waals surface area contributed by atoms with Gasteiger partial charge >= 0.3 is 0 Å². The summed E-state index contributed by atoms with van der Waals surface area (Å²) < 4.78 is 0. The van der Waals surface area contributed by atoms with Crippen LogP contribution in [0, 0.1) is 6.92 Å². The lowest BCUT2D eigenvalue weighted by Gasteiger charge is -2.42. The third-order valence-electron chi connectivity index (χ3n) is 5.84. The summed E-state index contributed by atoms with van der Waals surface area (Å²) in [4.78, 5) is 20.4. The fraction of sp³-hybridized carbons (Fsp3) is 0.333. The summed E-state index contributed by atoms with van der Waals surface area (Å²) in [7, 11) is 0. The van der Waals surface area contributed by atoms with Crippen LogP contribution in [0.4, 0.5) is 0 Å². The Morgan fingerprint density at radius 1 is 1.10 bits per heavy atom. The maximum absolute atomic E-state index is 12.4. The van der Waals surface area contributed by atoms with Crippen LogP contribution in [0.2, 0.25) is 0 Å². The van der Waals surface area contributed by atoms with Crippen LogP contribution in [0.5, 0.6) is 0 Å². The molecule has 0 atom stereocenters. The topological polar surface area (TPSA) is 57.8 Å². The second kappa shape index (κ2) is 8.87. The van der Waals surface area contributed by atoms with Gasteiger partial charge < -0.3 is 10.3 Å². The monoisotopic (exact) mass is 405 g/mol. The van der Waals surface area contributed by atoms with Gasteiger partial charge in [0.1, 0.15) is 0 Å². The van der Waals surface area contributed by atoms with Gasteiger partial charge in [0, 0.05) is 24.1 Å². The molecule has 1 aromatic heterocycles. The molecule has 2 N–H and O–H groups in total. The number of aromatic nitrogens is 2. The highest BCUT2D eigenvalue weighted by atomic mass is 32.2. The molecule has 0 radical (unpaired) electrons. The van der Waals surface area contributed by atoms with E-state index in [1.807, 2.05) is 31.2 Å². The van der Waals surface area contributed by atoms with E-state index < -0.39 is 0 Å². The van der Waals surface area contributed by atoms with Gasteiger partial charge in [-0.25, -0.2) is 4.98 Å². The van der Waals surface area contributed by atoms with Crippen LogP contribution in [0.15, 0.2) is 65.8 Å². The van der Waals surface area contributed by atoms with Crippen molar-refractivity contribution in [1.82, 2.24) is 15.3 Å². The standard InChI is InChI=1S/C24H27N3OS/c1-18-21(15-19-9-4-2-5-10-19)27-23(26-18)29-16-22(28)25-17-24(13-8-14-24)20-11-6-3-7-12-20/h2-7,9-12H,8,13-17H2,1H3,(H,25,28)(H,26,27). The maximum Gasteiger partial charge on any atom is 0.230 e. The normalized spacial score (nSPS) is 14.9. The minimum absolute atomic E-state index is 0.0656. The number of thioether (sulfide) groups is 1. The number of carbonyl (C=O) groups is 1. The third-order valence-corrected chi connectivity index (χ3v) is 6.71. The molecule has 150 valence electrons. The summed E-state index contributed by atoms with van der Waals surface area (Å²) >= 11 is 1.47. The summed E-state index contributed by atoms with van der Waals surface area (Å²) in [5.41, 5.74) is 4.80. The average Bonchev–Trinajstić information content (AvgIpc) is 3.06. The molecule has 1 heterocycles. The molecule has 1 fully saturated rings. The molecule has 4 nitrogen and oxygen atoms in total. The largest absolute Gasteiger partial charge is 0.354 e. The van der Waals surface area contributed by atoms with Gasteiger partial charge in [-0.1, -0.05) is 78.8 Å². The van der Waals surface area contributed by atoms with Crippen LogP contribution >= 0.6 is 11.8 Å².